The van der Waals surface area contributed by atoms with E-state index in [1.807, 2.05) is 0 Å². The number of rotatable bonds is 6. The third-order valence-corrected chi connectivity index (χ3v) is 4.61. The van der Waals surface area contributed by atoms with Crippen LogP contribution in [0.1, 0.15) is 11.1 Å². The number of halogens is 4. The first-order valence-electron chi connectivity index (χ1n) is 7.55. The van der Waals surface area contributed by atoms with Gasteiger partial charge in [0.25, 0.3) is 0 Å². The molecule has 138 valence electrons. The zero-order valence-corrected chi connectivity index (χ0v) is 16.0. The topological polar surface area (TPSA) is 55.4 Å². The molecule has 0 unspecified atom stereocenters. The summed E-state index contributed by atoms with van der Waals surface area (Å²) in [6, 6.07) is 7.32. The van der Waals surface area contributed by atoms with Crippen molar-refractivity contribution in [3.8, 4) is 0 Å². The Bertz CT molecular complexity index is 832. The van der Waals surface area contributed by atoms with E-state index in [0.29, 0.717) is 10.6 Å². The highest BCUT2D eigenvalue weighted by Gasteiger charge is 2.23. The lowest BCUT2D eigenvalue weighted by Crippen LogP contribution is -2.43. The lowest BCUT2D eigenvalue weighted by Gasteiger charge is -2.17. The summed E-state index contributed by atoms with van der Waals surface area (Å²) in [6.45, 7) is 0. The zero-order chi connectivity index (χ0) is 19.3. The Labute approximate surface area is 162 Å². The molecule has 0 aromatic heterocycles. The quantitative estimate of drug-likeness (QED) is 0.686. The first-order chi connectivity index (χ1) is 12.3. The lowest BCUT2D eigenvalue weighted by molar-refractivity contribution is -0.145. The highest BCUT2D eigenvalue weighted by molar-refractivity contribution is 9.10. The van der Waals surface area contributed by atoms with Crippen molar-refractivity contribution in [3.63, 3.8) is 0 Å². The standard InChI is InChI=1S/C18H15BrClF2NO3/c1-26-18(25)16(9-11-8-12(20)3-4-13(11)19)23-17(24)7-10-2-5-14(21)15(22)6-10/h2-6,8,16H,7,9H2,1H3,(H,23,24)/t16-/m0/s1. The monoisotopic (exact) mass is 445 g/mol. The fourth-order valence-electron chi connectivity index (χ4n) is 2.34. The predicted octanol–water partition coefficient (Wildman–Crippen LogP) is 3.82. The van der Waals surface area contributed by atoms with Gasteiger partial charge in [0.1, 0.15) is 6.04 Å². The van der Waals surface area contributed by atoms with Gasteiger partial charge in [0.15, 0.2) is 11.6 Å². The van der Waals surface area contributed by atoms with Crippen molar-refractivity contribution in [3.05, 3.63) is 68.7 Å². The summed E-state index contributed by atoms with van der Waals surface area (Å²) in [7, 11) is 1.21. The molecule has 0 spiro atoms. The number of carbonyl (C=O) groups is 2. The normalized spacial score (nSPS) is 11.7. The lowest BCUT2D eigenvalue weighted by atomic mass is 10.1. The maximum atomic E-state index is 13.2. The molecule has 8 heteroatoms. The smallest absolute Gasteiger partial charge is 0.328 e. The molecular formula is C18H15BrClF2NO3. The number of carbonyl (C=O) groups excluding carboxylic acids is 2. The number of methoxy groups -OCH3 is 1. The Kier molecular flexibility index (Phi) is 7.11. The van der Waals surface area contributed by atoms with Gasteiger partial charge in [-0.1, -0.05) is 33.6 Å². The van der Waals surface area contributed by atoms with Gasteiger partial charge < -0.3 is 10.1 Å². The molecule has 0 aliphatic heterocycles. The van der Waals surface area contributed by atoms with Crippen molar-refractivity contribution >= 4 is 39.4 Å². The van der Waals surface area contributed by atoms with E-state index >= 15 is 0 Å². The van der Waals surface area contributed by atoms with E-state index in [9.17, 15) is 18.4 Å². The third kappa shape index (κ3) is 5.51. The number of hydrogen-bond donors (Lipinski definition) is 1. The molecule has 2 rings (SSSR count). The molecule has 0 heterocycles. The fraction of sp³-hybridized carbons (Fsp3) is 0.222. The Morgan fingerprint density at radius 3 is 2.58 bits per heavy atom. The van der Waals surface area contributed by atoms with Crippen LogP contribution in [0.3, 0.4) is 0 Å². The minimum Gasteiger partial charge on any atom is -0.467 e. The van der Waals surface area contributed by atoms with Gasteiger partial charge in [0, 0.05) is 15.9 Å². The first-order valence-corrected chi connectivity index (χ1v) is 8.72. The molecule has 1 atom stereocenters. The van der Waals surface area contributed by atoms with E-state index in [0.717, 1.165) is 16.6 Å². The number of esters is 1. The van der Waals surface area contributed by atoms with Crippen molar-refractivity contribution < 1.29 is 23.1 Å². The summed E-state index contributed by atoms with van der Waals surface area (Å²) in [5.74, 6) is -3.19. The van der Waals surface area contributed by atoms with E-state index in [4.69, 9.17) is 16.3 Å². The number of nitrogens with one attached hydrogen (secondary N) is 1. The second-order valence-electron chi connectivity index (χ2n) is 5.51. The maximum Gasteiger partial charge on any atom is 0.328 e. The van der Waals surface area contributed by atoms with Crippen LogP contribution in [0, 0.1) is 11.6 Å². The molecule has 0 fully saturated rings. The molecule has 0 saturated heterocycles. The van der Waals surface area contributed by atoms with Gasteiger partial charge in [-0.15, -0.1) is 0 Å². The summed E-state index contributed by atoms with van der Waals surface area (Å²) in [4.78, 5) is 24.2. The van der Waals surface area contributed by atoms with E-state index in [1.165, 1.54) is 13.2 Å². The zero-order valence-electron chi connectivity index (χ0n) is 13.7. The van der Waals surface area contributed by atoms with Crippen LogP contribution in [0.25, 0.3) is 0 Å². The van der Waals surface area contributed by atoms with Crippen LogP contribution in [-0.2, 0) is 27.2 Å². The Morgan fingerprint density at radius 2 is 1.92 bits per heavy atom. The van der Waals surface area contributed by atoms with Crippen molar-refractivity contribution in [2.75, 3.05) is 7.11 Å². The number of amides is 1. The van der Waals surface area contributed by atoms with Gasteiger partial charge in [0.05, 0.1) is 13.5 Å². The second-order valence-corrected chi connectivity index (χ2v) is 6.80. The predicted molar refractivity (Wildman–Crippen MR) is 96.9 cm³/mol. The molecule has 0 aliphatic rings. The summed E-state index contributed by atoms with van der Waals surface area (Å²) < 4.78 is 31.7. The van der Waals surface area contributed by atoms with E-state index in [2.05, 4.69) is 21.2 Å². The highest BCUT2D eigenvalue weighted by atomic mass is 79.9. The number of ether oxygens (including phenoxy) is 1. The van der Waals surface area contributed by atoms with Gasteiger partial charge >= 0.3 is 5.97 Å². The minimum absolute atomic E-state index is 0.150. The van der Waals surface area contributed by atoms with Crippen molar-refractivity contribution in [1.29, 1.82) is 0 Å². The van der Waals surface area contributed by atoms with Crippen LogP contribution < -0.4 is 5.32 Å². The maximum absolute atomic E-state index is 13.2. The largest absolute Gasteiger partial charge is 0.467 e. The van der Waals surface area contributed by atoms with Crippen LogP contribution in [0.2, 0.25) is 5.02 Å². The molecule has 0 radical (unpaired) electrons. The molecule has 0 bridgehead atoms. The molecular weight excluding hydrogens is 432 g/mol. The summed E-state index contributed by atoms with van der Waals surface area (Å²) in [5, 5.41) is 3.04. The molecule has 1 amide bonds. The van der Waals surface area contributed by atoms with Crippen LogP contribution in [0.4, 0.5) is 8.78 Å². The van der Waals surface area contributed by atoms with Gasteiger partial charge in [-0.3, -0.25) is 4.79 Å². The highest BCUT2D eigenvalue weighted by Crippen LogP contribution is 2.22. The molecule has 2 aromatic carbocycles. The minimum atomic E-state index is -1.04. The Morgan fingerprint density at radius 1 is 1.19 bits per heavy atom. The number of hydrogen-bond acceptors (Lipinski definition) is 3. The molecule has 1 N–H and O–H groups in total. The molecule has 2 aromatic rings. The molecule has 0 saturated carbocycles. The van der Waals surface area contributed by atoms with Crippen molar-refractivity contribution in [2.45, 2.75) is 18.9 Å². The fourth-order valence-corrected chi connectivity index (χ4v) is 2.94. The van der Waals surface area contributed by atoms with Gasteiger partial charge in [-0.2, -0.15) is 0 Å². The van der Waals surface area contributed by atoms with E-state index in [-0.39, 0.29) is 18.4 Å². The summed E-state index contributed by atoms with van der Waals surface area (Å²) in [5.41, 5.74) is 0.995. The average Bonchev–Trinajstić information content (AvgIpc) is 2.60. The summed E-state index contributed by atoms with van der Waals surface area (Å²) >= 11 is 9.33. The average molecular weight is 447 g/mol. The Balaban J connectivity index is 2.11. The van der Waals surface area contributed by atoms with Gasteiger partial charge in [0.2, 0.25) is 5.91 Å². The van der Waals surface area contributed by atoms with Crippen LogP contribution in [0.15, 0.2) is 40.9 Å². The van der Waals surface area contributed by atoms with E-state index < -0.39 is 29.6 Å². The van der Waals surface area contributed by atoms with E-state index in [1.54, 1.807) is 18.2 Å². The third-order valence-electron chi connectivity index (χ3n) is 3.60. The van der Waals surface area contributed by atoms with Crippen molar-refractivity contribution in [2.24, 2.45) is 0 Å². The molecule has 4 nitrogen and oxygen atoms in total. The van der Waals surface area contributed by atoms with Crippen molar-refractivity contribution in [1.82, 2.24) is 5.32 Å². The number of benzene rings is 2. The van der Waals surface area contributed by atoms with Crippen LogP contribution >= 0.6 is 27.5 Å². The van der Waals surface area contributed by atoms with Crippen LogP contribution in [0.5, 0.6) is 0 Å². The second kappa shape index (κ2) is 9.09. The SMILES string of the molecule is COC(=O)[C@H](Cc1cc(Cl)ccc1Br)NC(=O)Cc1ccc(F)c(F)c1. The Hall–Kier alpha value is -1.99. The molecule has 26 heavy (non-hydrogen) atoms. The van der Waals surface area contributed by atoms with Crippen LogP contribution in [-0.4, -0.2) is 25.0 Å². The first kappa shape index (κ1) is 20.3. The van der Waals surface area contributed by atoms with Gasteiger partial charge in [-0.25, -0.2) is 13.6 Å². The molecule has 0 aliphatic carbocycles. The summed E-state index contributed by atoms with van der Waals surface area (Å²) in [6.07, 6.45) is -0.0568. The van der Waals surface area contributed by atoms with Gasteiger partial charge in [-0.05, 0) is 41.5 Å².